The highest BCUT2D eigenvalue weighted by Crippen LogP contribution is 2.40. The lowest BCUT2D eigenvalue weighted by molar-refractivity contribution is 0.0600. The van der Waals surface area contributed by atoms with Gasteiger partial charge in [-0.15, -0.1) is 0 Å². The summed E-state index contributed by atoms with van der Waals surface area (Å²) >= 11 is 5.79. The molecule has 7 nitrogen and oxygen atoms in total. The van der Waals surface area contributed by atoms with Gasteiger partial charge in [-0.2, -0.15) is 0 Å². The quantitative estimate of drug-likeness (QED) is 0.335. The highest BCUT2D eigenvalue weighted by Gasteiger charge is 2.41. The Kier molecular flexibility index (Phi) is 6.05. The van der Waals surface area contributed by atoms with Crippen molar-refractivity contribution in [1.82, 2.24) is 24.8 Å². The first-order chi connectivity index (χ1) is 16.7. The van der Waals surface area contributed by atoms with Gasteiger partial charge in [-0.25, -0.2) is 4.79 Å². The summed E-state index contributed by atoms with van der Waals surface area (Å²) in [5.41, 5.74) is 4.34. The molecule has 0 radical (unpaired) electrons. The van der Waals surface area contributed by atoms with Gasteiger partial charge in [0.1, 0.15) is 0 Å². The van der Waals surface area contributed by atoms with Crippen LogP contribution >= 0.6 is 12.2 Å². The first-order valence-corrected chi connectivity index (χ1v) is 11.3. The molecule has 1 N–H and O–H groups in total. The van der Waals surface area contributed by atoms with E-state index in [2.05, 4.69) is 30.8 Å². The van der Waals surface area contributed by atoms with Gasteiger partial charge in [0, 0.05) is 42.7 Å². The molecular formula is C26H23N5O2S. The Balaban J connectivity index is 1.59. The van der Waals surface area contributed by atoms with Crippen molar-refractivity contribution in [3.8, 4) is 5.69 Å². The number of nitrogens with zero attached hydrogens (tertiary/aromatic N) is 4. The molecule has 0 unspecified atom stereocenters. The molecule has 1 fully saturated rings. The monoisotopic (exact) mass is 469 g/mol. The second-order valence-corrected chi connectivity index (χ2v) is 8.35. The highest BCUT2D eigenvalue weighted by atomic mass is 32.1. The van der Waals surface area contributed by atoms with Gasteiger partial charge in [0.05, 0.1) is 30.5 Å². The first-order valence-electron chi connectivity index (χ1n) is 10.9. The predicted molar refractivity (Wildman–Crippen MR) is 132 cm³/mol. The standard InChI is InChI=1S/C26H23N5O2S/c1-33-25(32)19-8-4-9-20(15-19)30-14-6-11-22(30)24-23(21-10-2-3-13-28-21)29-26(34)31(24)17-18-7-5-12-27-16-18/h2-16,23-24H,17H2,1H3,(H,29,34)/t23-,24+/m0/s1. The Morgan fingerprint density at radius 2 is 2.00 bits per heavy atom. The van der Waals surface area contributed by atoms with E-state index in [1.165, 1.54) is 7.11 Å². The van der Waals surface area contributed by atoms with Gasteiger partial charge in [0.15, 0.2) is 5.11 Å². The minimum Gasteiger partial charge on any atom is -0.465 e. The number of ether oxygens (including phenoxy) is 1. The van der Waals surface area contributed by atoms with Crippen LogP contribution in [0.25, 0.3) is 5.69 Å². The molecule has 8 heteroatoms. The van der Waals surface area contributed by atoms with Crippen molar-refractivity contribution in [3.63, 3.8) is 0 Å². The van der Waals surface area contributed by atoms with E-state index in [9.17, 15) is 4.79 Å². The maximum absolute atomic E-state index is 12.1. The number of rotatable bonds is 6. The van der Waals surface area contributed by atoms with E-state index in [-0.39, 0.29) is 18.1 Å². The second-order valence-electron chi connectivity index (χ2n) is 7.96. The van der Waals surface area contributed by atoms with E-state index in [1.807, 2.05) is 67.0 Å². The number of pyridine rings is 2. The fraction of sp³-hybridized carbons (Fsp3) is 0.154. The molecule has 1 saturated heterocycles. The van der Waals surface area contributed by atoms with Crippen LogP contribution in [-0.4, -0.2) is 37.6 Å². The average molecular weight is 470 g/mol. The number of hydrogen-bond donors (Lipinski definition) is 1. The topological polar surface area (TPSA) is 72.3 Å². The number of benzene rings is 1. The SMILES string of the molecule is COC(=O)c1cccc(-n2cccc2[C@@H]2[C@H](c3ccccn3)NC(=S)N2Cc2cccnc2)c1. The highest BCUT2D eigenvalue weighted by molar-refractivity contribution is 7.80. The third-order valence-electron chi connectivity index (χ3n) is 5.90. The van der Waals surface area contributed by atoms with Crippen molar-refractivity contribution in [2.75, 3.05) is 7.11 Å². The van der Waals surface area contributed by atoms with Crippen LogP contribution in [-0.2, 0) is 11.3 Å². The summed E-state index contributed by atoms with van der Waals surface area (Å²) in [7, 11) is 1.38. The zero-order valence-corrected chi connectivity index (χ0v) is 19.4. The fourth-order valence-electron chi connectivity index (χ4n) is 4.36. The molecule has 2 atom stereocenters. The van der Waals surface area contributed by atoms with Crippen molar-refractivity contribution < 1.29 is 9.53 Å². The predicted octanol–water partition coefficient (Wildman–Crippen LogP) is 4.23. The molecule has 4 aromatic rings. The van der Waals surface area contributed by atoms with Gasteiger partial charge < -0.3 is 19.5 Å². The van der Waals surface area contributed by atoms with Crippen LogP contribution in [0.5, 0.6) is 0 Å². The molecule has 0 aliphatic carbocycles. The molecule has 0 amide bonds. The van der Waals surface area contributed by atoms with Crippen LogP contribution in [0.1, 0.15) is 39.4 Å². The number of nitrogens with one attached hydrogen (secondary N) is 1. The number of thiocarbonyl (C=S) groups is 1. The molecule has 170 valence electrons. The average Bonchev–Trinajstić information content (AvgIpc) is 3.49. The molecule has 1 aromatic carbocycles. The van der Waals surface area contributed by atoms with Gasteiger partial charge in [0.25, 0.3) is 0 Å². The molecule has 0 saturated carbocycles. The van der Waals surface area contributed by atoms with Crippen molar-refractivity contribution in [2.24, 2.45) is 0 Å². The van der Waals surface area contributed by atoms with Crippen LogP contribution in [0.3, 0.4) is 0 Å². The summed E-state index contributed by atoms with van der Waals surface area (Å²) in [6.07, 6.45) is 7.40. The van der Waals surface area contributed by atoms with Crippen molar-refractivity contribution in [1.29, 1.82) is 0 Å². The maximum Gasteiger partial charge on any atom is 0.337 e. The number of carbonyl (C=O) groups excluding carboxylic acids is 1. The van der Waals surface area contributed by atoms with Crippen LogP contribution in [0.15, 0.2) is 91.5 Å². The maximum atomic E-state index is 12.1. The molecule has 0 bridgehead atoms. The number of hydrogen-bond acceptors (Lipinski definition) is 5. The van der Waals surface area contributed by atoms with Gasteiger partial charge in [-0.1, -0.05) is 18.2 Å². The van der Waals surface area contributed by atoms with Crippen LogP contribution in [0.2, 0.25) is 0 Å². The molecule has 3 aromatic heterocycles. The lowest BCUT2D eigenvalue weighted by atomic mass is 10.0. The number of carbonyl (C=O) groups is 1. The van der Waals surface area contributed by atoms with E-state index in [0.717, 1.165) is 22.6 Å². The Labute approximate surface area is 203 Å². The number of aromatic nitrogens is 3. The van der Waals surface area contributed by atoms with E-state index in [4.69, 9.17) is 17.0 Å². The number of esters is 1. The summed E-state index contributed by atoms with van der Waals surface area (Å²) in [4.78, 5) is 23.2. The second kappa shape index (κ2) is 9.44. The van der Waals surface area contributed by atoms with Crippen LogP contribution in [0.4, 0.5) is 0 Å². The number of methoxy groups -OCH3 is 1. The van der Waals surface area contributed by atoms with Crippen LogP contribution in [0, 0.1) is 0 Å². The molecule has 4 heterocycles. The Bertz CT molecular complexity index is 1310. The lowest BCUT2D eigenvalue weighted by Gasteiger charge is -2.29. The lowest BCUT2D eigenvalue weighted by Crippen LogP contribution is -2.30. The molecule has 0 spiro atoms. The van der Waals surface area contributed by atoms with Crippen molar-refractivity contribution in [3.05, 3.63) is 114 Å². The van der Waals surface area contributed by atoms with Crippen LogP contribution < -0.4 is 5.32 Å². The minimum absolute atomic E-state index is 0.139. The molecular weight excluding hydrogens is 446 g/mol. The van der Waals surface area contributed by atoms with Crippen molar-refractivity contribution >= 4 is 23.3 Å². The molecule has 5 rings (SSSR count). The normalized spacial score (nSPS) is 17.4. The summed E-state index contributed by atoms with van der Waals surface area (Å²) < 4.78 is 7.00. The Morgan fingerprint density at radius 3 is 2.76 bits per heavy atom. The summed E-state index contributed by atoms with van der Waals surface area (Å²) in [6, 6.07) is 21.0. The van der Waals surface area contributed by atoms with E-state index >= 15 is 0 Å². The van der Waals surface area contributed by atoms with Crippen molar-refractivity contribution in [2.45, 2.75) is 18.6 Å². The zero-order chi connectivity index (χ0) is 23.5. The minimum atomic E-state index is -0.371. The fourth-order valence-corrected chi connectivity index (χ4v) is 4.66. The van der Waals surface area contributed by atoms with Gasteiger partial charge in [-0.3, -0.25) is 9.97 Å². The smallest absolute Gasteiger partial charge is 0.337 e. The van der Waals surface area contributed by atoms with Gasteiger partial charge in [-0.05, 0) is 66.3 Å². The van der Waals surface area contributed by atoms with Gasteiger partial charge in [0.2, 0.25) is 0 Å². The molecule has 1 aliphatic rings. The zero-order valence-electron chi connectivity index (χ0n) is 18.5. The molecule has 34 heavy (non-hydrogen) atoms. The summed E-state index contributed by atoms with van der Waals surface area (Å²) in [5, 5.41) is 4.14. The Morgan fingerprint density at radius 1 is 1.09 bits per heavy atom. The van der Waals surface area contributed by atoms with E-state index in [0.29, 0.717) is 17.2 Å². The van der Waals surface area contributed by atoms with E-state index < -0.39 is 0 Å². The Hall–Kier alpha value is -4.04. The molecule has 1 aliphatic heterocycles. The largest absolute Gasteiger partial charge is 0.465 e. The third-order valence-corrected chi connectivity index (χ3v) is 6.25. The van der Waals surface area contributed by atoms with Gasteiger partial charge >= 0.3 is 5.97 Å². The summed E-state index contributed by atoms with van der Waals surface area (Å²) in [5.74, 6) is -0.371. The first kappa shape index (κ1) is 21.8. The van der Waals surface area contributed by atoms with E-state index in [1.54, 1.807) is 18.5 Å². The third kappa shape index (κ3) is 4.15. The summed E-state index contributed by atoms with van der Waals surface area (Å²) in [6.45, 7) is 0.598.